The Morgan fingerprint density at radius 2 is 1.44 bits per heavy atom. The van der Waals surface area contributed by atoms with E-state index in [0.29, 0.717) is 6.40 Å². The van der Waals surface area contributed by atoms with E-state index in [2.05, 4.69) is 0 Å². The summed E-state index contributed by atoms with van der Waals surface area (Å²) in [6.07, 6.45) is 0.535. The van der Waals surface area contributed by atoms with Gasteiger partial charge in [-0.3, -0.25) is 0 Å². The fourth-order valence-electron chi connectivity index (χ4n) is 1.48. The lowest BCUT2D eigenvalue weighted by atomic mass is 10.0. The van der Waals surface area contributed by atoms with E-state index in [-0.39, 0.29) is 0 Å². The first-order valence-electron chi connectivity index (χ1n) is 5.76. The molecule has 0 radical (unpaired) electrons. The molecule has 0 spiro atoms. The zero-order valence-corrected chi connectivity index (χ0v) is 9.53. The number of hydrogen-bond donors (Lipinski definition) is 0. The molecule has 0 unspecified atom stereocenters. The third kappa shape index (κ3) is 2.57. The van der Waals surface area contributed by atoms with Crippen molar-refractivity contribution in [3.05, 3.63) is 71.6 Å². The van der Waals surface area contributed by atoms with Gasteiger partial charge in [-0.05, 0) is 24.6 Å². The van der Waals surface area contributed by atoms with Crippen LogP contribution in [0, 0.1) is 13.3 Å². The van der Waals surface area contributed by atoms with E-state index >= 15 is 0 Å². The predicted molar refractivity (Wildman–Crippen MR) is 66.7 cm³/mol. The molecule has 0 aromatic heterocycles. The highest BCUT2D eigenvalue weighted by atomic mass is 16.5. The highest BCUT2D eigenvalue weighted by molar-refractivity contribution is 5.40. The fourth-order valence-corrected chi connectivity index (χ4v) is 1.48. The summed E-state index contributed by atoms with van der Waals surface area (Å²) in [6.45, 7) is 2.04. The molecule has 16 heavy (non-hydrogen) atoms. The number of ether oxygens (including phenoxy) is 1. The Kier molecular flexibility index (Phi) is 2.78. The molecule has 0 bridgehead atoms. The normalized spacial score (nSPS) is 10.8. The first kappa shape index (κ1) is 9.34. The van der Waals surface area contributed by atoms with Gasteiger partial charge in [0.15, 0.2) is 0 Å². The number of benzene rings is 2. The Morgan fingerprint density at radius 1 is 0.938 bits per heavy atom. The van der Waals surface area contributed by atoms with E-state index in [9.17, 15) is 0 Å². The Morgan fingerprint density at radius 3 is 1.94 bits per heavy atom. The molecular weight excluding hydrogens is 196 g/mol. The Hall–Kier alpha value is -1.89. The van der Waals surface area contributed by atoms with Crippen molar-refractivity contribution in [1.29, 1.82) is 0 Å². The highest BCUT2D eigenvalue weighted by Crippen LogP contribution is 2.16. The lowest BCUT2D eigenvalue weighted by Crippen LogP contribution is -1.86. The molecule has 0 amide bonds. The summed E-state index contributed by atoms with van der Waals surface area (Å²) in [6, 6.07) is 15.5. The molecule has 0 aliphatic heterocycles. The maximum Gasteiger partial charge on any atom is 0.134 e. The molecule has 0 aliphatic rings. The van der Waals surface area contributed by atoms with Crippen molar-refractivity contribution in [3.8, 4) is 5.75 Å². The van der Waals surface area contributed by atoms with Crippen LogP contribution in [0.15, 0.2) is 48.5 Å². The van der Waals surface area contributed by atoms with Crippen molar-refractivity contribution in [2.24, 2.45) is 0 Å². The van der Waals surface area contributed by atoms with Gasteiger partial charge >= 0.3 is 0 Å². The molecule has 1 heteroatoms. The molecule has 2 aromatic carbocycles. The van der Waals surface area contributed by atoms with E-state index in [1.54, 1.807) is 7.11 Å². The number of rotatable bonds is 3. The molecule has 0 saturated heterocycles. The molecule has 0 N–H and O–H groups in total. The molecule has 80 valence electrons. The van der Waals surface area contributed by atoms with Gasteiger partial charge < -0.3 is 4.74 Å². The van der Waals surface area contributed by atoms with Gasteiger partial charge in [0, 0.05) is 42.8 Å². The highest BCUT2D eigenvalue weighted by Gasteiger charge is 2.03. The number of methoxy groups -OCH3 is 1. The molecule has 2 rings (SSSR count). The summed E-state index contributed by atoms with van der Waals surface area (Å²) in [7, 11) is 1.64. The molecule has 0 saturated carbocycles. The van der Waals surface area contributed by atoms with Crippen LogP contribution in [0.4, 0.5) is 0 Å². The fraction of sp³-hybridized carbons (Fsp3) is 0.133. The minimum Gasteiger partial charge on any atom is -0.495 e. The van der Waals surface area contributed by atoms with E-state index in [0.717, 1.165) is 16.9 Å². The second kappa shape index (κ2) is 4.75. The number of hydrogen-bond acceptors (Lipinski definition) is 1. The smallest absolute Gasteiger partial charge is 0.134 e. The summed E-state index contributed by atoms with van der Waals surface area (Å²) in [4.78, 5) is 0. The molecule has 2 aromatic rings. The van der Waals surface area contributed by atoms with Gasteiger partial charge in [-0.2, -0.15) is 0 Å². The van der Waals surface area contributed by atoms with Gasteiger partial charge in [0.25, 0.3) is 0 Å². The van der Waals surface area contributed by atoms with E-state index < -0.39 is 0 Å². The maximum absolute atomic E-state index is 8.13. The summed E-state index contributed by atoms with van der Waals surface area (Å²) in [5.41, 5.74) is 3.03. The number of aryl methyl sites for hydroxylation is 1. The topological polar surface area (TPSA) is 9.23 Å². The third-order valence-corrected chi connectivity index (χ3v) is 2.43. The van der Waals surface area contributed by atoms with Gasteiger partial charge in [-0.15, -0.1) is 0 Å². The quantitative estimate of drug-likeness (QED) is 0.706. The third-order valence-electron chi connectivity index (χ3n) is 2.43. The molecule has 1 nitrogen and oxygen atoms in total. The summed E-state index contributed by atoms with van der Waals surface area (Å²) < 4.78 is 13.2. The Bertz CT molecular complexity index is 473. The maximum atomic E-state index is 8.13. The minimum absolute atomic E-state index is 0.535. The monoisotopic (exact) mass is 212 g/mol. The van der Waals surface area contributed by atoms with E-state index in [1.807, 2.05) is 55.5 Å². The van der Waals surface area contributed by atoms with Crippen LogP contribution in [0.5, 0.6) is 5.75 Å². The van der Waals surface area contributed by atoms with E-state index in [4.69, 9.17) is 6.11 Å². The minimum atomic E-state index is 0.535. The zero-order chi connectivity index (χ0) is 12.3. The van der Waals surface area contributed by atoms with Crippen LogP contribution < -0.4 is 4.74 Å². The second-order valence-electron chi connectivity index (χ2n) is 3.72. The largest absolute Gasteiger partial charge is 0.495 e. The van der Waals surface area contributed by atoms with Gasteiger partial charge in [0.2, 0.25) is 0 Å². The van der Waals surface area contributed by atoms with Gasteiger partial charge in [-0.25, -0.2) is 0 Å². The molecular formula is C15H15O+. The van der Waals surface area contributed by atoms with Gasteiger partial charge in [0.1, 0.15) is 7.12 Å². The zero-order valence-electron chi connectivity index (χ0n) is 10.5. The summed E-state index contributed by atoms with van der Waals surface area (Å²) in [5, 5.41) is 0. The molecule has 0 aliphatic carbocycles. The molecule has 0 fully saturated rings. The predicted octanol–water partition coefficient (Wildman–Crippen LogP) is 3.60. The standard InChI is InChI=1S/C15H15O/c1-12-3-5-13(6-4-12)11-14-7-9-15(16-2)10-8-14/h3-11H,1-2H3/q+1/i11D. The lowest BCUT2D eigenvalue weighted by molar-refractivity contribution is 0.414. The van der Waals surface area contributed by atoms with Crippen molar-refractivity contribution in [3.63, 3.8) is 0 Å². The van der Waals surface area contributed by atoms with Crippen molar-refractivity contribution in [2.45, 2.75) is 6.92 Å². The van der Waals surface area contributed by atoms with Crippen molar-refractivity contribution >= 4 is 0 Å². The van der Waals surface area contributed by atoms with Crippen LogP contribution >= 0.6 is 0 Å². The Balaban J connectivity index is 2.23. The van der Waals surface area contributed by atoms with Crippen LogP contribution in [0.25, 0.3) is 0 Å². The average molecular weight is 212 g/mol. The van der Waals surface area contributed by atoms with E-state index in [1.165, 1.54) is 5.56 Å². The van der Waals surface area contributed by atoms with Crippen molar-refractivity contribution in [2.75, 3.05) is 7.11 Å². The van der Waals surface area contributed by atoms with Crippen LogP contribution in [0.1, 0.15) is 18.1 Å². The van der Waals surface area contributed by atoms with Crippen LogP contribution in [0.2, 0.25) is 0 Å². The van der Waals surface area contributed by atoms with Gasteiger partial charge in [-0.1, -0.05) is 0 Å². The van der Waals surface area contributed by atoms with Crippen LogP contribution in [0.3, 0.4) is 0 Å². The van der Waals surface area contributed by atoms with Gasteiger partial charge in [0.05, 0.1) is 18.2 Å². The first-order valence-corrected chi connectivity index (χ1v) is 5.26. The molecule has 0 atom stereocenters. The Labute approximate surface area is 98.1 Å². The van der Waals surface area contributed by atoms with Crippen molar-refractivity contribution < 1.29 is 6.11 Å². The van der Waals surface area contributed by atoms with Crippen LogP contribution in [-0.2, 0) is 0 Å². The average Bonchev–Trinajstić information content (AvgIpc) is 2.39. The first-order chi connectivity index (χ1) is 8.20. The summed E-state index contributed by atoms with van der Waals surface area (Å²) >= 11 is 0. The molecule has 0 heterocycles. The SMILES string of the molecule is [2H][C+](c1ccc(C)cc1)c1ccc(OC)cc1. The second-order valence-corrected chi connectivity index (χ2v) is 3.72. The van der Waals surface area contributed by atoms with Crippen molar-refractivity contribution in [1.82, 2.24) is 0 Å². The summed E-state index contributed by atoms with van der Waals surface area (Å²) in [5.74, 6) is 0.811. The van der Waals surface area contributed by atoms with Crippen LogP contribution in [-0.4, -0.2) is 7.11 Å². The lowest BCUT2D eigenvalue weighted by Gasteiger charge is -1.98.